The summed E-state index contributed by atoms with van der Waals surface area (Å²) < 4.78 is 2.36. The number of hydrogen-bond donors (Lipinski definition) is 0. The summed E-state index contributed by atoms with van der Waals surface area (Å²) in [5.41, 5.74) is 14.9. The van der Waals surface area contributed by atoms with Gasteiger partial charge in [0.2, 0.25) is 0 Å². The Balaban J connectivity index is 0.961. The van der Waals surface area contributed by atoms with Crippen LogP contribution in [0.1, 0.15) is 22.3 Å². The van der Waals surface area contributed by atoms with Crippen LogP contribution in [0.25, 0.3) is 72.5 Å². The molecule has 11 rings (SSSR count). The van der Waals surface area contributed by atoms with Gasteiger partial charge in [-0.3, -0.25) is 0 Å². The van der Waals surface area contributed by atoms with Gasteiger partial charge in [0.05, 0.1) is 27.8 Å². The number of hydrogen-bond acceptors (Lipinski definition) is 2. The maximum atomic E-state index is 5.18. The fourth-order valence-corrected chi connectivity index (χ4v) is 9.25. The molecule has 0 amide bonds. The zero-order chi connectivity index (χ0) is 41.3. The van der Waals surface area contributed by atoms with Crippen molar-refractivity contribution in [2.45, 2.75) is 5.41 Å². The van der Waals surface area contributed by atoms with Gasteiger partial charge in [-0.15, -0.1) is 0 Å². The standard InChI is InChI=1S/C59H41N3/c1-5-17-46(18-6-1)58-60-54(44-31-29-42(30-32-44)43-35-39-51(40-36-43)62-56-27-15-13-25-52(56)53-26-14-16-28-57(53)62)41-55(61-58)45-33-37-50(38-34-45)59(47-19-7-2-8-20-47,48-21-9-3-10-22-48)49-23-11-4-12-24-49/h1-41H. The normalized spacial score (nSPS) is 11.5. The number of nitrogens with zero attached hydrogens (tertiary/aromatic N) is 3. The van der Waals surface area contributed by atoms with Crippen LogP contribution in [-0.2, 0) is 5.41 Å². The maximum absolute atomic E-state index is 5.18. The molecule has 0 aliphatic carbocycles. The van der Waals surface area contributed by atoms with E-state index < -0.39 is 5.41 Å². The molecule has 0 unspecified atom stereocenters. The lowest BCUT2D eigenvalue weighted by Crippen LogP contribution is -2.30. The van der Waals surface area contributed by atoms with Gasteiger partial charge in [-0.1, -0.05) is 218 Å². The summed E-state index contributed by atoms with van der Waals surface area (Å²) in [5, 5.41) is 2.53. The Morgan fingerprint density at radius 3 is 1.11 bits per heavy atom. The molecule has 0 fully saturated rings. The molecule has 0 atom stereocenters. The van der Waals surface area contributed by atoms with Crippen LogP contribution in [0.15, 0.2) is 249 Å². The lowest BCUT2D eigenvalue weighted by Gasteiger charge is -2.37. The van der Waals surface area contributed by atoms with E-state index in [1.807, 2.05) is 18.2 Å². The Morgan fingerprint density at radius 1 is 0.290 bits per heavy atom. The lowest BCUT2D eigenvalue weighted by molar-refractivity contribution is 0.745. The number of fused-ring (bicyclic) bond motifs is 3. The van der Waals surface area contributed by atoms with Gasteiger partial charge in [0.15, 0.2) is 5.82 Å². The van der Waals surface area contributed by atoms with Crippen molar-refractivity contribution in [3.63, 3.8) is 0 Å². The third kappa shape index (κ3) is 6.48. The average molecular weight is 792 g/mol. The Labute approximate surface area is 361 Å². The predicted molar refractivity (Wildman–Crippen MR) is 256 cm³/mol. The second-order valence-electron chi connectivity index (χ2n) is 15.7. The molecule has 0 spiro atoms. The summed E-state index contributed by atoms with van der Waals surface area (Å²) in [5.74, 6) is 0.694. The molecule has 0 aliphatic heterocycles. The average Bonchev–Trinajstić information content (AvgIpc) is 3.70. The molecule has 11 aromatic rings. The van der Waals surface area contributed by atoms with Gasteiger partial charge in [0.25, 0.3) is 0 Å². The van der Waals surface area contributed by atoms with E-state index in [4.69, 9.17) is 9.97 Å². The monoisotopic (exact) mass is 791 g/mol. The van der Waals surface area contributed by atoms with Crippen LogP contribution in [0.5, 0.6) is 0 Å². The summed E-state index contributed by atoms with van der Waals surface area (Å²) in [6.07, 6.45) is 0. The molecule has 0 N–H and O–H groups in total. The summed E-state index contributed by atoms with van der Waals surface area (Å²) in [6.45, 7) is 0. The van der Waals surface area contributed by atoms with Gasteiger partial charge in [-0.25, -0.2) is 9.97 Å². The zero-order valence-corrected chi connectivity index (χ0v) is 34.0. The van der Waals surface area contributed by atoms with Crippen LogP contribution in [0, 0.1) is 0 Å². The van der Waals surface area contributed by atoms with E-state index in [0.29, 0.717) is 5.82 Å². The van der Waals surface area contributed by atoms with Gasteiger partial charge < -0.3 is 4.57 Å². The van der Waals surface area contributed by atoms with Crippen molar-refractivity contribution in [2.24, 2.45) is 0 Å². The lowest BCUT2D eigenvalue weighted by atomic mass is 9.65. The molecule has 3 nitrogen and oxygen atoms in total. The van der Waals surface area contributed by atoms with E-state index in [1.54, 1.807) is 0 Å². The van der Waals surface area contributed by atoms with E-state index in [1.165, 1.54) is 44.1 Å². The molecule has 0 radical (unpaired) electrons. The fourth-order valence-electron chi connectivity index (χ4n) is 9.25. The van der Waals surface area contributed by atoms with Gasteiger partial charge in [0, 0.05) is 33.2 Å². The second-order valence-corrected chi connectivity index (χ2v) is 15.7. The van der Waals surface area contributed by atoms with Crippen LogP contribution < -0.4 is 0 Å². The third-order valence-electron chi connectivity index (χ3n) is 12.2. The molecule has 2 heterocycles. The molecular weight excluding hydrogens is 751 g/mol. The Kier molecular flexibility index (Phi) is 9.40. The predicted octanol–water partition coefficient (Wildman–Crippen LogP) is 14.6. The van der Waals surface area contributed by atoms with Gasteiger partial charge >= 0.3 is 0 Å². The highest BCUT2D eigenvalue weighted by Crippen LogP contribution is 2.45. The Bertz CT molecular complexity index is 3130. The summed E-state index contributed by atoms with van der Waals surface area (Å²) >= 11 is 0. The minimum Gasteiger partial charge on any atom is -0.309 e. The largest absolute Gasteiger partial charge is 0.309 e. The highest BCUT2D eigenvalue weighted by Gasteiger charge is 2.38. The highest BCUT2D eigenvalue weighted by atomic mass is 15.0. The third-order valence-corrected chi connectivity index (χ3v) is 12.2. The maximum Gasteiger partial charge on any atom is 0.160 e. The summed E-state index contributed by atoms with van der Waals surface area (Å²) in [4.78, 5) is 10.3. The Morgan fingerprint density at radius 2 is 0.645 bits per heavy atom. The minimum absolute atomic E-state index is 0.526. The number of rotatable bonds is 9. The van der Waals surface area contributed by atoms with Crippen molar-refractivity contribution in [2.75, 3.05) is 0 Å². The van der Waals surface area contributed by atoms with Crippen LogP contribution in [-0.4, -0.2) is 14.5 Å². The first-order valence-corrected chi connectivity index (χ1v) is 21.2. The first-order valence-electron chi connectivity index (χ1n) is 21.2. The molecule has 0 bridgehead atoms. The van der Waals surface area contributed by atoms with E-state index in [0.717, 1.165) is 44.9 Å². The molecule has 0 saturated heterocycles. The van der Waals surface area contributed by atoms with E-state index in [2.05, 4.69) is 235 Å². The fraction of sp³-hybridized carbons (Fsp3) is 0.0169. The number of benzene rings is 9. The topological polar surface area (TPSA) is 30.7 Å². The van der Waals surface area contributed by atoms with Crippen LogP contribution in [0.4, 0.5) is 0 Å². The first kappa shape index (κ1) is 36.9. The molecule has 62 heavy (non-hydrogen) atoms. The molecular formula is C59H41N3. The van der Waals surface area contributed by atoms with Gasteiger partial charge in [0.1, 0.15) is 0 Å². The van der Waals surface area contributed by atoms with Crippen molar-refractivity contribution >= 4 is 21.8 Å². The van der Waals surface area contributed by atoms with Gasteiger partial charge in [-0.05, 0) is 63.7 Å². The molecule has 292 valence electrons. The molecule has 9 aromatic carbocycles. The van der Waals surface area contributed by atoms with Gasteiger partial charge in [-0.2, -0.15) is 0 Å². The molecule has 0 aliphatic rings. The first-order chi connectivity index (χ1) is 30.7. The number of para-hydroxylation sites is 2. The van der Waals surface area contributed by atoms with Crippen molar-refractivity contribution < 1.29 is 0 Å². The van der Waals surface area contributed by atoms with Crippen molar-refractivity contribution in [3.8, 4) is 50.7 Å². The smallest absolute Gasteiger partial charge is 0.160 e. The molecule has 0 saturated carbocycles. The van der Waals surface area contributed by atoms with Crippen molar-refractivity contribution in [1.82, 2.24) is 14.5 Å². The van der Waals surface area contributed by atoms with Crippen molar-refractivity contribution in [3.05, 3.63) is 271 Å². The summed E-state index contributed by atoms with van der Waals surface area (Å²) in [7, 11) is 0. The van der Waals surface area contributed by atoms with E-state index in [-0.39, 0.29) is 0 Å². The quantitative estimate of drug-likeness (QED) is 0.136. The number of aromatic nitrogens is 3. The van der Waals surface area contributed by atoms with Crippen molar-refractivity contribution in [1.29, 1.82) is 0 Å². The van der Waals surface area contributed by atoms with Crippen LogP contribution in [0.3, 0.4) is 0 Å². The second kappa shape index (κ2) is 15.8. The SMILES string of the molecule is c1ccc(-c2nc(-c3ccc(-c4ccc(-n5c6ccccc6c6ccccc65)cc4)cc3)cc(-c3ccc(C(c4ccccc4)(c4ccccc4)c4ccccc4)cc3)n2)cc1. The highest BCUT2D eigenvalue weighted by molar-refractivity contribution is 6.09. The molecule has 3 heteroatoms. The van der Waals surface area contributed by atoms with E-state index >= 15 is 0 Å². The zero-order valence-electron chi connectivity index (χ0n) is 34.0. The minimum atomic E-state index is -0.526. The summed E-state index contributed by atoms with van der Waals surface area (Å²) in [6, 6.07) is 88.7. The van der Waals surface area contributed by atoms with Crippen LogP contribution >= 0.6 is 0 Å². The Hall–Kier alpha value is -8.14. The van der Waals surface area contributed by atoms with Crippen LogP contribution in [0.2, 0.25) is 0 Å². The molecule has 2 aromatic heterocycles. The van der Waals surface area contributed by atoms with E-state index in [9.17, 15) is 0 Å².